The molecule has 0 unspecified atom stereocenters. The van der Waals surface area contributed by atoms with Crippen molar-refractivity contribution in [1.82, 2.24) is 0 Å². The predicted molar refractivity (Wildman–Crippen MR) is 87.4 cm³/mol. The molecule has 0 heterocycles. The Labute approximate surface area is 131 Å². The minimum absolute atomic E-state index is 0.0126. The summed E-state index contributed by atoms with van der Waals surface area (Å²) >= 11 is 3.24. The van der Waals surface area contributed by atoms with E-state index in [4.69, 9.17) is 0 Å². The molecule has 0 aromatic heterocycles. The van der Waals surface area contributed by atoms with E-state index < -0.39 is 11.7 Å². The van der Waals surface area contributed by atoms with E-state index in [-0.39, 0.29) is 5.56 Å². The number of nitrogens with zero attached hydrogens (tertiary/aromatic N) is 1. The van der Waals surface area contributed by atoms with Crippen LogP contribution in [0, 0.1) is 5.82 Å². The van der Waals surface area contributed by atoms with E-state index >= 15 is 0 Å². The van der Waals surface area contributed by atoms with Crippen LogP contribution in [0.25, 0.3) is 0 Å². The quantitative estimate of drug-likeness (QED) is 0.891. The van der Waals surface area contributed by atoms with Gasteiger partial charge in [0.05, 0.1) is 5.56 Å². The highest BCUT2D eigenvalue weighted by Crippen LogP contribution is 2.20. The summed E-state index contributed by atoms with van der Waals surface area (Å²) in [4.78, 5) is 14.2. The van der Waals surface area contributed by atoms with Crippen LogP contribution < -0.4 is 10.2 Å². The van der Waals surface area contributed by atoms with E-state index in [0.717, 1.165) is 12.2 Å². The van der Waals surface area contributed by atoms with Crippen LogP contribution in [0.2, 0.25) is 0 Å². The standard InChI is InChI=1S/C16H16BrFN2O/c1-3-20(2)13-6-4-5-12(10-13)19-16(21)14-9-11(17)7-8-15(14)18/h4-10H,3H2,1-2H3,(H,19,21). The molecular formula is C16H16BrFN2O. The van der Waals surface area contributed by atoms with E-state index in [1.165, 1.54) is 12.1 Å². The third-order valence-corrected chi connectivity index (χ3v) is 3.69. The molecule has 0 aliphatic carbocycles. The molecule has 110 valence electrons. The highest BCUT2D eigenvalue weighted by Gasteiger charge is 2.12. The summed E-state index contributed by atoms with van der Waals surface area (Å²) in [5.41, 5.74) is 1.64. The minimum Gasteiger partial charge on any atom is -0.375 e. The van der Waals surface area contributed by atoms with Gasteiger partial charge in [0, 0.05) is 29.4 Å². The molecule has 0 bridgehead atoms. The average molecular weight is 351 g/mol. The third-order valence-electron chi connectivity index (χ3n) is 3.19. The van der Waals surface area contributed by atoms with Crippen LogP contribution in [0.4, 0.5) is 15.8 Å². The number of anilines is 2. The second-order valence-electron chi connectivity index (χ2n) is 4.64. The van der Waals surface area contributed by atoms with Crippen molar-refractivity contribution in [2.75, 3.05) is 23.8 Å². The van der Waals surface area contributed by atoms with Gasteiger partial charge in [-0.25, -0.2) is 4.39 Å². The maximum Gasteiger partial charge on any atom is 0.258 e. The molecule has 0 aliphatic rings. The Morgan fingerprint density at radius 2 is 2.05 bits per heavy atom. The van der Waals surface area contributed by atoms with Crippen LogP contribution in [0.15, 0.2) is 46.9 Å². The summed E-state index contributed by atoms with van der Waals surface area (Å²) < 4.78 is 14.4. The van der Waals surface area contributed by atoms with Crippen molar-refractivity contribution in [3.05, 3.63) is 58.3 Å². The summed E-state index contributed by atoms with van der Waals surface area (Å²) in [7, 11) is 1.97. The lowest BCUT2D eigenvalue weighted by Crippen LogP contribution is -2.17. The summed E-state index contributed by atoms with van der Waals surface area (Å²) in [6, 6.07) is 11.7. The number of rotatable bonds is 4. The van der Waals surface area contributed by atoms with Gasteiger partial charge in [-0.2, -0.15) is 0 Å². The van der Waals surface area contributed by atoms with Crippen molar-refractivity contribution in [3.8, 4) is 0 Å². The molecule has 0 atom stereocenters. The number of hydrogen-bond donors (Lipinski definition) is 1. The maximum absolute atomic E-state index is 13.7. The lowest BCUT2D eigenvalue weighted by atomic mass is 10.2. The fourth-order valence-electron chi connectivity index (χ4n) is 1.87. The first-order valence-electron chi connectivity index (χ1n) is 6.59. The monoisotopic (exact) mass is 350 g/mol. The van der Waals surface area contributed by atoms with Crippen molar-refractivity contribution < 1.29 is 9.18 Å². The molecule has 0 saturated heterocycles. The Morgan fingerprint density at radius 1 is 1.29 bits per heavy atom. The molecule has 2 rings (SSSR count). The van der Waals surface area contributed by atoms with Crippen LogP contribution in [0.3, 0.4) is 0 Å². The Balaban J connectivity index is 2.21. The zero-order valence-electron chi connectivity index (χ0n) is 11.9. The minimum atomic E-state index is -0.544. The predicted octanol–water partition coefficient (Wildman–Crippen LogP) is 4.30. The molecule has 2 aromatic rings. The van der Waals surface area contributed by atoms with Crippen molar-refractivity contribution in [2.45, 2.75) is 6.92 Å². The van der Waals surface area contributed by atoms with Gasteiger partial charge in [0.2, 0.25) is 0 Å². The molecule has 1 N–H and O–H groups in total. The molecule has 21 heavy (non-hydrogen) atoms. The summed E-state index contributed by atoms with van der Waals surface area (Å²) in [6.45, 7) is 2.90. The van der Waals surface area contributed by atoms with Gasteiger partial charge < -0.3 is 10.2 Å². The molecule has 0 saturated carbocycles. The Morgan fingerprint density at radius 3 is 2.76 bits per heavy atom. The molecule has 2 aromatic carbocycles. The van der Waals surface area contributed by atoms with E-state index in [0.29, 0.717) is 10.2 Å². The summed E-state index contributed by atoms with van der Waals surface area (Å²) in [5, 5.41) is 2.72. The van der Waals surface area contributed by atoms with Crippen LogP contribution in [-0.4, -0.2) is 19.5 Å². The molecule has 1 amide bonds. The Bertz CT molecular complexity index is 660. The zero-order chi connectivity index (χ0) is 15.4. The van der Waals surface area contributed by atoms with Gasteiger partial charge >= 0.3 is 0 Å². The number of carbonyl (C=O) groups excluding carboxylic acids is 1. The van der Waals surface area contributed by atoms with E-state index in [2.05, 4.69) is 26.1 Å². The first-order valence-corrected chi connectivity index (χ1v) is 7.38. The fraction of sp³-hybridized carbons (Fsp3) is 0.188. The number of amides is 1. The van der Waals surface area contributed by atoms with Crippen LogP contribution in [0.1, 0.15) is 17.3 Å². The topological polar surface area (TPSA) is 32.3 Å². The summed E-state index contributed by atoms with van der Waals surface area (Å²) in [5.74, 6) is -1.01. The largest absolute Gasteiger partial charge is 0.375 e. The Kier molecular flexibility index (Phi) is 4.96. The molecule has 5 heteroatoms. The second kappa shape index (κ2) is 6.72. The van der Waals surface area contributed by atoms with Gasteiger partial charge in [0.1, 0.15) is 5.82 Å². The lowest BCUT2D eigenvalue weighted by Gasteiger charge is -2.17. The van der Waals surface area contributed by atoms with Gasteiger partial charge in [-0.05, 0) is 43.3 Å². The summed E-state index contributed by atoms with van der Waals surface area (Å²) in [6.07, 6.45) is 0. The van der Waals surface area contributed by atoms with Gasteiger partial charge in [0.25, 0.3) is 5.91 Å². The average Bonchev–Trinajstić information content (AvgIpc) is 2.49. The van der Waals surface area contributed by atoms with Crippen LogP contribution >= 0.6 is 15.9 Å². The van der Waals surface area contributed by atoms with Gasteiger partial charge in [-0.3, -0.25) is 4.79 Å². The van der Waals surface area contributed by atoms with Gasteiger partial charge in [-0.1, -0.05) is 22.0 Å². The van der Waals surface area contributed by atoms with Crippen LogP contribution in [0.5, 0.6) is 0 Å². The number of hydrogen-bond acceptors (Lipinski definition) is 2. The SMILES string of the molecule is CCN(C)c1cccc(NC(=O)c2cc(Br)ccc2F)c1. The first kappa shape index (κ1) is 15.5. The smallest absolute Gasteiger partial charge is 0.258 e. The van der Waals surface area contributed by atoms with Gasteiger partial charge in [0.15, 0.2) is 0 Å². The Hall–Kier alpha value is -1.88. The lowest BCUT2D eigenvalue weighted by molar-refractivity contribution is 0.102. The molecule has 0 spiro atoms. The van der Waals surface area contributed by atoms with E-state index in [1.54, 1.807) is 12.1 Å². The number of halogens is 2. The molecule has 3 nitrogen and oxygen atoms in total. The highest BCUT2D eigenvalue weighted by atomic mass is 79.9. The van der Waals surface area contributed by atoms with Crippen LogP contribution in [-0.2, 0) is 0 Å². The van der Waals surface area contributed by atoms with Crippen molar-refractivity contribution in [3.63, 3.8) is 0 Å². The molecule has 0 fully saturated rings. The fourth-order valence-corrected chi connectivity index (χ4v) is 2.23. The maximum atomic E-state index is 13.7. The van der Waals surface area contributed by atoms with E-state index in [1.807, 2.05) is 32.2 Å². The van der Waals surface area contributed by atoms with Gasteiger partial charge in [-0.15, -0.1) is 0 Å². The second-order valence-corrected chi connectivity index (χ2v) is 5.56. The number of nitrogens with one attached hydrogen (secondary N) is 1. The number of benzene rings is 2. The third kappa shape index (κ3) is 3.82. The zero-order valence-corrected chi connectivity index (χ0v) is 13.4. The van der Waals surface area contributed by atoms with Crippen molar-refractivity contribution >= 4 is 33.2 Å². The normalized spacial score (nSPS) is 10.3. The van der Waals surface area contributed by atoms with Crippen molar-refractivity contribution in [2.24, 2.45) is 0 Å². The molecule has 0 radical (unpaired) electrons. The first-order chi connectivity index (χ1) is 10.0. The van der Waals surface area contributed by atoms with E-state index in [9.17, 15) is 9.18 Å². The molecular weight excluding hydrogens is 335 g/mol. The molecule has 0 aliphatic heterocycles. The number of carbonyl (C=O) groups is 1. The highest BCUT2D eigenvalue weighted by molar-refractivity contribution is 9.10. The van der Waals surface area contributed by atoms with Crippen molar-refractivity contribution in [1.29, 1.82) is 0 Å².